The van der Waals surface area contributed by atoms with E-state index in [-0.39, 0.29) is 12.0 Å². The summed E-state index contributed by atoms with van der Waals surface area (Å²) in [6.45, 7) is 0. The molecule has 0 aliphatic carbocycles. The van der Waals surface area contributed by atoms with Gasteiger partial charge in [-0.1, -0.05) is 0 Å². The van der Waals surface area contributed by atoms with Crippen molar-refractivity contribution in [2.24, 2.45) is 0 Å². The number of pyridine rings is 1. The Kier molecular flexibility index (Phi) is 3.08. The quantitative estimate of drug-likeness (QED) is 0.576. The molecule has 1 rings (SSSR count). The summed E-state index contributed by atoms with van der Waals surface area (Å²) in [5.41, 5.74) is -1.46. The van der Waals surface area contributed by atoms with Crippen LogP contribution in [-0.2, 0) is 12.6 Å². The van der Waals surface area contributed by atoms with Crippen LogP contribution in [0.5, 0.6) is 0 Å². The third-order valence-electron chi connectivity index (χ3n) is 1.63. The van der Waals surface area contributed by atoms with Crippen molar-refractivity contribution in [1.29, 1.82) is 5.26 Å². The molecule has 0 amide bonds. The second-order valence-electron chi connectivity index (χ2n) is 2.81. The predicted molar refractivity (Wildman–Crippen MR) is 45.2 cm³/mol. The highest BCUT2D eigenvalue weighted by atomic mass is 19.4. The van der Waals surface area contributed by atoms with Gasteiger partial charge in [-0.15, -0.1) is 0 Å². The summed E-state index contributed by atoms with van der Waals surface area (Å²) < 4.78 is 36.9. The molecule has 0 aliphatic heterocycles. The smallest absolute Gasteiger partial charge is 0.358 e. The lowest BCUT2D eigenvalue weighted by Crippen LogP contribution is -2.10. The molecule has 0 bridgehead atoms. The lowest BCUT2D eigenvalue weighted by Gasteiger charge is -2.03. The van der Waals surface area contributed by atoms with Gasteiger partial charge in [0, 0.05) is 6.07 Å². The molecule has 0 atom stereocenters. The number of hydrogen-bond donors (Lipinski definition) is 0. The number of alkyl halides is 3. The van der Waals surface area contributed by atoms with Crippen LogP contribution in [0.15, 0.2) is 12.1 Å². The van der Waals surface area contributed by atoms with Gasteiger partial charge in [-0.25, -0.2) is 0 Å². The Labute approximate surface area is 87.3 Å². The first-order valence-corrected chi connectivity index (χ1v) is 3.94. The maximum Gasteiger partial charge on any atom is 0.458 e. The van der Waals surface area contributed by atoms with Gasteiger partial charge in [0.15, 0.2) is 0 Å². The first-order chi connectivity index (χ1) is 7.34. The minimum absolute atomic E-state index is 0.0866. The number of nitro groups is 1. The van der Waals surface area contributed by atoms with Crippen LogP contribution in [0.3, 0.4) is 0 Å². The molecule has 1 aromatic heterocycles. The Morgan fingerprint density at radius 1 is 1.50 bits per heavy atom. The van der Waals surface area contributed by atoms with Gasteiger partial charge in [-0.05, 0) is 21.5 Å². The van der Waals surface area contributed by atoms with E-state index in [9.17, 15) is 23.3 Å². The minimum Gasteiger partial charge on any atom is -0.358 e. The number of halogens is 3. The first kappa shape index (κ1) is 11.9. The number of aromatic nitrogens is 1. The maximum atomic E-state index is 12.3. The normalized spacial score (nSPS) is 10.9. The van der Waals surface area contributed by atoms with E-state index in [0.717, 1.165) is 6.07 Å². The predicted octanol–water partition coefficient (Wildman–Crippen LogP) is 2.07. The molecule has 0 aromatic carbocycles. The molecule has 16 heavy (non-hydrogen) atoms. The van der Waals surface area contributed by atoms with Crippen LogP contribution in [-0.4, -0.2) is 9.91 Å². The van der Waals surface area contributed by atoms with Crippen molar-refractivity contribution in [2.75, 3.05) is 0 Å². The fraction of sp³-hybridized carbons (Fsp3) is 0.250. The topological polar surface area (TPSA) is 79.8 Å². The third kappa shape index (κ3) is 2.66. The molecule has 0 radical (unpaired) electrons. The molecule has 0 N–H and O–H groups in total. The first-order valence-electron chi connectivity index (χ1n) is 3.94. The SMILES string of the molecule is N#CCc1cc([N+](=O)[O-])nc(C(F)(F)F)c1. The fourth-order valence-electron chi connectivity index (χ4n) is 1.00. The molecule has 0 saturated carbocycles. The molecule has 0 saturated heterocycles. The average molecular weight is 231 g/mol. The molecule has 1 aromatic rings. The summed E-state index contributed by atoms with van der Waals surface area (Å²) in [5.74, 6) is -0.917. The van der Waals surface area contributed by atoms with Crippen LogP contribution >= 0.6 is 0 Å². The summed E-state index contributed by atoms with van der Waals surface area (Å²) >= 11 is 0. The summed E-state index contributed by atoms with van der Waals surface area (Å²) in [4.78, 5) is 12.2. The molecule has 84 valence electrons. The fourth-order valence-corrected chi connectivity index (χ4v) is 1.00. The molecule has 1 heterocycles. The Balaban J connectivity index is 3.31. The molecule has 5 nitrogen and oxygen atoms in total. The second-order valence-corrected chi connectivity index (χ2v) is 2.81. The van der Waals surface area contributed by atoms with Crippen molar-refractivity contribution in [3.63, 3.8) is 0 Å². The van der Waals surface area contributed by atoms with Gasteiger partial charge in [0.25, 0.3) is 5.69 Å². The second kappa shape index (κ2) is 4.14. The number of nitriles is 1. The average Bonchev–Trinajstić information content (AvgIpc) is 2.16. The molecule has 0 aliphatic rings. The lowest BCUT2D eigenvalue weighted by atomic mass is 10.1. The number of nitrogens with zero attached hydrogens (tertiary/aromatic N) is 3. The van der Waals surface area contributed by atoms with Crippen molar-refractivity contribution in [3.8, 4) is 6.07 Å². The van der Waals surface area contributed by atoms with E-state index in [0.29, 0.717) is 6.07 Å². The highest BCUT2D eigenvalue weighted by molar-refractivity contribution is 5.32. The highest BCUT2D eigenvalue weighted by Crippen LogP contribution is 2.29. The van der Waals surface area contributed by atoms with Crippen LogP contribution in [0.1, 0.15) is 11.3 Å². The zero-order valence-electron chi connectivity index (χ0n) is 7.65. The van der Waals surface area contributed by atoms with Crippen LogP contribution < -0.4 is 0 Å². The molecule has 0 spiro atoms. The van der Waals surface area contributed by atoms with Gasteiger partial charge in [-0.3, -0.25) is 0 Å². The van der Waals surface area contributed by atoms with E-state index in [1.807, 2.05) is 0 Å². The van der Waals surface area contributed by atoms with Crippen molar-refractivity contribution >= 4 is 5.82 Å². The van der Waals surface area contributed by atoms with Gasteiger partial charge >= 0.3 is 12.0 Å². The van der Waals surface area contributed by atoms with E-state index in [1.54, 1.807) is 6.07 Å². The Morgan fingerprint density at radius 3 is 2.56 bits per heavy atom. The lowest BCUT2D eigenvalue weighted by molar-refractivity contribution is -0.390. The van der Waals surface area contributed by atoms with Crippen molar-refractivity contribution in [1.82, 2.24) is 4.98 Å². The summed E-state index contributed by atoms with van der Waals surface area (Å²) in [5, 5.41) is 18.7. The Bertz CT molecular complexity index is 465. The maximum absolute atomic E-state index is 12.3. The Morgan fingerprint density at radius 2 is 2.12 bits per heavy atom. The summed E-state index contributed by atoms with van der Waals surface area (Å²) in [6, 6.07) is 3.08. The summed E-state index contributed by atoms with van der Waals surface area (Å²) in [7, 11) is 0. The van der Waals surface area contributed by atoms with Gasteiger partial charge in [0.05, 0.1) is 12.5 Å². The summed E-state index contributed by atoms with van der Waals surface area (Å²) in [6.07, 6.45) is -5.11. The van der Waals surface area contributed by atoms with E-state index in [2.05, 4.69) is 4.98 Å². The Hall–Kier alpha value is -2.17. The minimum atomic E-state index is -4.77. The molecule has 0 fully saturated rings. The van der Waals surface area contributed by atoms with E-state index in [4.69, 9.17) is 5.26 Å². The zero-order valence-corrected chi connectivity index (χ0v) is 7.65. The monoisotopic (exact) mass is 231 g/mol. The van der Waals surface area contributed by atoms with Crippen molar-refractivity contribution in [3.05, 3.63) is 33.5 Å². The van der Waals surface area contributed by atoms with E-state index in [1.165, 1.54) is 0 Å². The van der Waals surface area contributed by atoms with E-state index < -0.39 is 22.6 Å². The highest BCUT2D eigenvalue weighted by Gasteiger charge is 2.38. The van der Waals surface area contributed by atoms with Crippen LogP contribution in [0.2, 0.25) is 0 Å². The number of hydrogen-bond acceptors (Lipinski definition) is 4. The van der Waals surface area contributed by atoms with Crippen LogP contribution in [0.4, 0.5) is 19.0 Å². The van der Waals surface area contributed by atoms with Crippen molar-refractivity contribution in [2.45, 2.75) is 12.6 Å². The van der Waals surface area contributed by atoms with Crippen LogP contribution in [0.25, 0.3) is 0 Å². The van der Waals surface area contributed by atoms with Gasteiger partial charge in [-0.2, -0.15) is 18.4 Å². The van der Waals surface area contributed by atoms with Gasteiger partial charge in [0.2, 0.25) is 0 Å². The standard InChI is InChI=1S/C8H4F3N3O2/c9-8(10,11)6-3-5(1-2-12)4-7(13-6)14(15)16/h3-4H,1H2. The van der Waals surface area contributed by atoms with E-state index >= 15 is 0 Å². The molecular weight excluding hydrogens is 227 g/mol. The molecule has 0 unspecified atom stereocenters. The molecule has 8 heteroatoms. The number of rotatable bonds is 2. The molecular formula is C8H4F3N3O2. The van der Waals surface area contributed by atoms with Crippen molar-refractivity contribution < 1.29 is 18.1 Å². The largest absolute Gasteiger partial charge is 0.458 e. The van der Waals surface area contributed by atoms with Crippen LogP contribution in [0, 0.1) is 21.4 Å². The zero-order chi connectivity index (χ0) is 12.3. The van der Waals surface area contributed by atoms with Gasteiger partial charge < -0.3 is 10.1 Å². The van der Waals surface area contributed by atoms with Gasteiger partial charge in [0.1, 0.15) is 0 Å². The third-order valence-corrected chi connectivity index (χ3v) is 1.63.